The smallest absolute Gasteiger partial charge is 0.252 e. The number of fused-ring (bicyclic) bond motifs is 1. The zero-order valence-corrected chi connectivity index (χ0v) is 12.8. The van der Waals surface area contributed by atoms with Gasteiger partial charge in [-0.1, -0.05) is 30.2 Å². The van der Waals surface area contributed by atoms with E-state index in [-0.39, 0.29) is 0 Å². The number of ether oxygens (including phenoxy) is 1. The Morgan fingerprint density at radius 1 is 1.19 bits per heavy atom. The van der Waals surface area contributed by atoms with Crippen LogP contribution in [0.2, 0.25) is 5.15 Å². The first kappa shape index (κ1) is 14.5. The predicted molar refractivity (Wildman–Crippen MR) is 84.9 cm³/mol. The Hall–Kier alpha value is -1.39. The number of halogens is 1. The lowest BCUT2D eigenvalue weighted by molar-refractivity contribution is 0.277. The number of benzene rings is 1. The van der Waals surface area contributed by atoms with Crippen LogP contribution in [0.4, 0.5) is 0 Å². The van der Waals surface area contributed by atoms with Crippen molar-refractivity contribution in [2.75, 3.05) is 13.2 Å². The van der Waals surface area contributed by atoms with Crippen molar-refractivity contribution in [3.8, 4) is 5.88 Å². The molecule has 1 aromatic carbocycles. The van der Waals surface area contributed by atoms with Crippen molar-refractivity contribution in [2.45, 2.75) is 38.1 Å². The van der Waals surface area contributed by atoms with Crippen LogP contribution in [0.25, 0.3) is 11.0 Å². The molecule has 1 fully saturated rings. The maximum absolute atomic E-state index is 6.12. The quantitative estimate of drug-likeness (QED) is 0.858. The Kier molecular flexibility index (Phi) is 4.88. The minimum absolute atomic E-state index is 0.337. The van der Waals surface area contributed by atoms with E-state index in [2.05, 4.69) is 15.3 Å². The Morgan fingerprint density at radius 2 is 2.00 bits per heavy atom. The maximum Gasteiger partial charge on any atom is 0.252 e. The fourth-order valence-electron chi connectivity index (χ4n) is 2.72. The van der Waals surface area contributed by atoms with Gasteiger partial charge in [0.1, 0.15) is 0 Å². The van der Waals surface area contributed by atoms with Gasteiger partial charge in [-0.25, -0.2) is 9.97 Å². The van der Waals surface area contributed by atoms with Crippen LogP contribution < -0.4 is 10.1 Å². The summed E-state index contributed by atoms with van der Waals surface area (Å²) >= 11 is 6.12. The molecule has 1 saturated heterocycles. The molecule has 2 aromatic rings. The average molecular weight is 306 g/mol. The lowest BCUT2D eigenvalue weighted by atomic mass is 10.0. The van der Waals surface area contributed by atoms with E-state index in [1.165, 1.54) is 19.3 Å². The molecule has 1 aliphatic rings. The van der Waals surface area contributed by atoms with Gasteiger partial charge in [-0.3, -0.25) is 0 Å². The highest BCUT2D eigenvalue weighted by atomic mass is 35.5. The van der Waals surface area contributed by atoms with E-state index in [1.807, 2.05) is 24.3 Å². The third-order valence-corrected chi connectivity index (χ3v) is 4.09. The molecule has 0 amide bonds. The van der Waals surface area contributed by atoms with Crippen molar-refractivity contribution < 1.29 is 4.74 Å². The van der Waals surface area contributed by atoms with Gasteiger partial charge in [-0.05, 0) is 44.4 Å². The van der Waals surface area contributed by atoms with Crippen molar-refractivity contribution in [3.63, 3.8) is 0 Å². The molecule has 3 rings (SSSR count). The molecule has 1 atom stereocenters. The number of nitrogens with one attached hydrogen (secondary N) is 1. The van der Waals surface area contributed by atoms with Crippen LogP contribution in [0, 0.1) is 0 Å². The largest absolute Gasteiger partial charge is 0.475 e. The average Bonchev–Trinajstić information content (AvgIpc) is 2.53. The molecule has 0 bridgehead atoms. The molecule has 0 aliphatic carbocycles. The van der Waals surface area contributed by atoms with Gasteiger partial charge < -0.3 is 10.1 Å². The number of hydrogen-bond donors (Lipinski definition) is 1. The summed E-state index contributed by atoms with van der Waals surface area (Å²) < 4.78 is 5.70. The first-order valence-corrected chi connectivity index (χ1v) is 7.99. The van der Waals surface area contributed by atoms with E-state index < -0.39 is 0 Å². The zero-order valence-electron chi connectivity index (χ0n) is 12.0. The fraction of sp³-hybridized carbons (Fsp3) is 0.500. The molecular formula is C16H20ClN3O. The molecule has 5 heteroatoms. The predicted octanol–water partition coefficient (Wildman–Crippen LogP) is 3.58. The minimum atomic E-state index is 0.337. The second-order valence-electron chi connectivity index (χ2n) is 5.45. The normalized spacial score (nSPS) is 18.8. The van der Waals surface area contributed by atoms with E-state index in [0.717, 1.165) is 30.4 Å². The first-order chi connectivity index (χ1) is 10.3. The lowest BCUT2D eigenvalue weighted by Crippen LogP contribution is -2.34. The number of nitrogens with zero attached hydrogens (tertiary/aromatic N) is 2. The highest BCUT2D eigenvalue weighted by Crippen LogP contribution is 2.23. The van der Waals surface area contributed by atoms with Crippen LogP contribution in [0.3, 0.4) is 0 Å². The summed E-state index contributed by atoms with van der Waals surface area (Å²) in [5.41, 5.74) is 1.60. The van der Waals surface area contributed by atoms with E-state index in [9.17, 15) is 0 Å². The molecule has 0 unspecified atom stereocenters. The van der Waals surface area contributed by atoms with Crippen LogP contribution >= 0.6 is 11.6 Å². The number of aromatic nitrogens is 2. The third-order valence-electron chi connectivity index (χ3n) is 3.85. The molecule has 1 aromatic heterocycles. The second-order valence-corrected chi connectivity index (χ2v) is 5.80. The highest BCUT2D eigenvalue weighted by molar-refractivity contribution is 6.31. The molecule has 4 nitrogen and oxygen atoms in total. The van der Waals surface area contributed by atoms with Gasteiger partial charge in [0.05, 0.1) is 17.6 Å². The maximum atomic E-state index is 6.12. The second kappa shape index (κ2) is 7.05. The minimum Gasteiger partial charge on any atom is -0.475 e. The molecule has 2 heterocycles. The molecule has 112 valence electrons. The molecule has 0 saturated carbocycles. The standard InChI is InChI=1S/C16H20ClN3O/c17-15-16(20-14-9-2-1-8-13(14)19-15)21-11-5-7-12-6-3-4-10-18-12/h1-2,8-9,12,18H,3-7,10-11H2/t12-/m0/s1. The van der Waals surface area contributed by atoms with Gasteiger partial charge in [-0.15, -0.1) is 0 Å². The van der Waals surface area contributed by atoms with Crippen LogP contribution in [-0.2, 0) is 0 Å². The Balaban J connectivity index is 1.53. The lowest BCUT2D eigenvalue weighted by Gasteiger charge is -2.23. The summed E-state index contributed by atoms with van der Waals surface area (Å²) in [5, 5.41) is 3.88. The van der Waals surface area contributed by atoms with Crippen molar-refractivity contribution >= 4 is 22.6 Å². The molecule has 0 spiro atoms. The van der Waals surface area contributed by atoms with Gasteiger partial charge in [0.25, 0.3) is 5.88 Å². The highest BCUT2D eigenvalue weighted by Gasteiger charge is 2.12. The van der Waals surface area contributed by atoms with Crippen molar-refractivity contribution in [2.24, 2.45) is 0 Å². The number of hydrogen-bond acceptors (Lipinski definition) is 4. The van der Waals surface area contributed by atoms with Gasteiger partial charge in [-0.2, -0.15) is 0 Å². The molecule has 1 N–H and O–H groups in total. The van der Waals surface area contributed by atoms with Crippen LogP contribution in [-0.4, -0.2) is 29.2 Å². The monoisotopic (exact) mass is 305 g/mol. The van der Waals surface area contributed by atoms with Crippen molar-refractivity contribution in [1.82, 2.24) is 15.3 Å². The molecule has 0 radical (unpaired) electrons. The molecule has 1 aliphatic heterocycles. The molecule has 21 heavy (non-hydrogen) atoms. The number of rotatable bonds is 5. The number of para-hydroxylation sites is 2. The third kappa shape index (κ3) is 3.83. The van der Waals surface area contributed by atoms with Crippen molar-refractivity contribution in [3.05, 3.63) is 29.4 Å². The van der Waals surface area contributed by atoms with Gasteiger partial charge in [0, 0.05) is 6.04 Å². The molecular weight excluding hydrogens is 286 g/mol. The Labute approximate surface area is 129 Å². The summed E-state index contributed by atoms with van der Waals surface area (Å²) in [6, 6.07) is 8.30. The van der Waals surface area contributed by atoms with Crippen LogP contribution in [0.1, 0.15) is 32.1 Å². The van der Waals surface area contributed by atoms with Gasteiger partial charge >= 0.3 is 0 Å². The Bertz CT molecular complexity index is 599. The summed E-state index contributed by atoms with van der Waals surface area (Å²) in [6.45, 7) is 1.78. The van der Waals surface area contributed by atoms with Crippen molar-refractivity contribution in [1.29, 1.82) is 0 Å². The summed E-state index contributed by atoms with van der Waals surface area (Å²) in [4.78, 5) is 8.74. The number of piperidine rings is 1. The van der Waals surface area contributed by atoms with E-state index in [0.29, 0.717) is 23.7 Å². The Morgan fingerprint density at radius 3 is 2.76 bits per heavy atom. The van der Waals surface area contributed by atoms with E-state index in [1.54, 1.807) is 0 Å². The topological polar surface area (TPSA) is 47.0 Å². The van der Waals surface area contributed by atoms with Crippen LogP contribution in [0.15, 0.2) is 24.3 Å². The fourth-order valence-corrected chi connectivity index (χ4v) is 2.91. The van der Waals surface area contributed by atoms with Crippen LogP contribution in [0.5, 0.6) is 5.88 Å². The summed E-state index contributed by atoms with van der Waals surface area (Å²) in [5.74, 6) is 0.437. The van der Waals surface area contributed by atoms with Gasteiger partial charge in [0.2, 0.25) is 0 Å². The van der Waals surface area contributed by atoms with Gasteiger partial charge in [0.15, 0.2) is 5.15 Å². The summed E-state index contributed by atoms with van der Waals surface area (Å²) in [6.07, 6.45) is 6.05. The van der Waals surface area contributed by atoms with E-state index >= 15 is 0 Å². The summed E-state index contributed by atoms with van der Waals surface area (Å²) in [7, 11) is 0. The SMILES string of the molecule is Clc1nc2ccccc2nc1OCCC[C@@H]1CCCCN1. The van der Waals surface area contributed by atoms with E-state index in [4.69, 9.17) is 16.3 Å². The first-order valence-electron chi connectivity index (χ1n) is 7.61. The zero-order chi connectivity index (χ0) is 14.5.